The third-order valence-corrected chi connectivity index (χ3v) is 4.59. The van der Waals surface area contributed by atoms with Crippen molar-refractivity contribution in [1.29, 1.82) is 0 Å². The van der Waals surface area contributed by atoms with Gasteiger partial charge in [-0.05, 0) is 43.5 Å². The molecule has 1 aromatic heterocycles. The first-order chi connectivity index (χ1) is 9.90. The van der Waals surface area contributed by atoms with Gasteiger partial charge in [0.25, 0.3) is 0 Å². The van der Waals surface area contributed by atoms with Crippen molar-refractivity contribution < 1.29 is 12.8 Å². The Morgan fingerprint density at radius 2 is 2.19 bits per heavy atom. The van der Waals surface area contributed by atoms with E-state index in [9.17, 15) is 12.8 Å². The summed E-state index contributed by atoms with van der Waals surface area (Å²) in [5.74, 6) is -0.854. The first-order valence-electron chi connectivity index (χ1n) is 6.43. The highest BCUT2D eigenvalue weighted by atomic mass is 32.2. The summed E-state index contributed by atoms with van der Waals surface area (Å²) in [6.45, 7) is 2.12. The van der Waals surface area contributed by atoms with Crippen LogP contribution < -0.4 is 10.5 Å². The average molecular weight is 312 g/mol. The van der Waals surface area contributed by atoms with Crippen molar-refractivity contribution in [3.8, 4) is 0 Å². The number of sulfonamides is 1. The highest BCUT2D eigenvalue weighted by molar-refractivity contribution is 7.89. The molecule has 2 rings (SSSR count). The van der Waals surface area contributed by atoms with E-state index in [1.54, 1.807) is 6.20 Å². The zero-order valence-corrected chi connectivity index (χ0v) is 12.4. The monoisotopic (exact) mass is 312 g/mol. The Morgan fingerprint density at radius 1 is 1.43 bits per heavy atom. The number of hydrogen-bond donors (Lipinski definition) is 3. The maximum atomic E-state index is 13.6. The van der Waals surface area contributed by atoms with Gasteiger partial charge in [-0.3, -0.25) is 5.10 Å². The van der Waals surface area contributed by atoms with Crippen molar-refractivity contribution in [2.24, 2.45) is 0 Å². The van der Waals surface area contributed by atoms with E-state index in [1.165, 1.54) is 6.07 Å². The molecule has 0 atom stereocenters. The molecule has 4 N–H and O–H groups in total. The van der Waals surface area contributed by atoms with Crippen LogP contribution in [0.25, 0.3) is 0 Å². The predicted molar refractivity (Wildman–Crippen MR) is 77.6 cm³/mol. The third-order valence-electron chi connectivity index (χ3n) is 3.09. The Balaban J connectivity index is 1.94. The number of nitrogen functional groups attached to an aromatic ring is 1. The first-order valence-corrected chi connectivity index (χ1v) is 7.92. The number of nitrogens with zero attached hydrogens (tertiary/aromatic N) is 1. The van der Waals surface area contributed by atoms with Gasteiger partial charge in [0.1, 0.15) is 10.7 Å². The SMILES string of the molecule is Cc1[nH]ncc1CCCNS(=O)(=O)c1ccc(N)cc1F. The molecule has 0 bridgehead atoms. The van der Waals surface area contributed by atoms with Crippen LogP contribution in [0, 0.1) is 12.7 Å². The molecule has 0 fully saturated rings. The van der Waals surface area contributed by atoms with Gasteiger partial charge in [0, 0.05) is 17.9 Å². The molecule has 0 spiro atoms. The molecule has 1 heterocycles. The lowest BCUT2D eigenvalue weighted by Gasteiger charge is -2.08. The van der Waals surface area contributed by atoms with Crippen molar-refractivity contribution >= 4 is 15.7 Å². The van der Waals surface area contributed by atoms with E-state index in [0.29, 0.717) is 12.8 Å². The first kappa shape index (κ1) is 15.5. The number of aromatic amines is 1. The minimum absolute atomic E-state index is 0.182. The van der Waals surface area contributed by atoms with E-state index >= 15 is 0 Å². The van der Waals surface area contributed by atoms with E-state index in [-0.39, 0.29) is 12.2 Å². The van der Waals surface area contributed by atoms with Crippen molar-refractivity contribution in [3.63, 3.8) is 0 Å². The highest BCUT2D eigenvalue weighted by Gasteiger charge is 2.18. The summed E-state index contributed by atoms with van der Waals surface area (Å²) in [7, 11) is -3.86. The van der Waals surface area contributed by atoms with Crippen molar-refractivity contribution in [2.45, 2.75) is 24.7 Å². The van der Waals surface area contributed by atoms with Crippen LogP contribution in [0.2, 0.25) is 0 Å². The fourth-order valence-corrected chi connectivity index (χ4v) is 3.06. The van der Waals surface area contributed by atoms with Crippen molar-refractivity contribution in [3.05, 3.63) is 41.5 Å². The molecule has 6 nitrogen and oxygen atoms in total. The van der Waals surface area contributed by atoms with Crippen LogP contribution >= 0.6 is 0 Å². The fraction of sp³-hybridized carbons (Fsp3) is 0.308. The molecule has 0 aliphatic carbocycles. The Kier molecular flexibility index (Phi) is 4.59. The average Bonchev–Trinajstić information content (AvgIpc) is 2.80. The molecular weight excluding hydrogens is 295 g/mol. The molecule has 0 saturated heterocycles. The van der Waals surface area contributed by atoms with Gasteiger partial charge in [0.15, 0.2) is 0 Å². The molecule has 0 aliphatic rings. The van der Waals surface area contributed by atoms with Crippen LogP contribution in [0.1, 0.15) is 17.7 Å². The van der Waals surface area contributed by atoms with Gasteiger partial charge in [-0.15, -0.1) is 0 Å². The number of nitrogens with one attached hydrogen (secondary N) is 2. The van der Waals surface area contributed by atoms with Gasteiger partial charge in [0.2, 0.25) is 10.0 Å². The lowest BCUT2D eigenvalue weighted by molar-refractivity contribution is 0.556. The van der Waals surface area contributed by atoms with Crippen molar-refractivity contribution in [2.75, 3.05) is 12.3 Å². The molecule has 0 saturated carbocycles. The Labute approximate surface area is 122 Å². The minimum atomic E-state index is -3.86. The minimum Gasteiger partial charge on any atom is -0.399 e. The summed E-state index contributed by atoms with van der Waals surface area (Å²) in [4.78, 5) is -0.392. The van der Waals surface area contributed by atoms with Crippen LogP contribution in [0.4, 0.5) is 10.1 Å². The molecule has 114 valence electrons. The zero-order chi connectivity index (χ0) is 15.5. The second-order valence-electron chi connectivity index (χ2n) is 4.71. The summed E-state index contributed by atoms with van der Waals surface area (Å²) in [6, 6.07) is 3.50. The van der Waals surface area contributed by atoms with E-state index in [0.717, 1.165) is 23.4 Å². The van der Waals surface area contributed by atoms with Gasteiger partial charge < -0.3 is 5.73 Å². The molecule has 0 aliphatic heterocycles. The number of anilines is 1. The molecule has 0 amide bonds. The summed E-state index contributed by atoms with van der Waals surface area (Å²) < 4.78 is 40.0. The van der Waals surface area contributed by atoms with Gasteiger partial charge in [-0.1, -0.05) is 0 Å². The van der Waals surface area contributed by atoms with E-state index in [2.05, 4.69) is 14.9 Å². The fourth-order valence-electron chi connectivity index (χ4n) is 1.93. The molecule has 8 heteroatoms. The number of hydrogen-bond acceptors (Lipinski definition) is 4. The Hall–Kier alpha value is -1.93. The van der Waals surface area contributed by atoms with Crippen LogP contribution in [0.15, 0.2) is 29.3 Å². The van der Waals surface area contributed by atoms with Crippen LogP contribution in [-0.2, 0) is 16.4 Å². The molecule has 0 radical (unpaired) electrons. The maximum Gasteiger partial charge on any atom is 0.243 e. The lowest BCUT2D eigenvalue weighted by atomic mass is 10.1. The molecule has 2 aromatic rings. The number of aromatic nitrogens is 2. The number of rotatable bonds is 6. The molecular formula is C13H17FN4O2S. The number of H-pyrrole nitrogens is 1. The standard InChI is InChI=1S/C13H17FN4O2S/c1-9-10(8-16-18-9)3-2-6-17-21(19,20)13-5-4-11(15)7-12(13)14/h4-5,7-8,17H,2-3,6,15H2,1H3,(H,16,18). The second kappa shape index (κ2) is 6.23. The highest BCUT2D eigenvalue weighted by Crippen LogP contribution is 2.17. The number of halogens is 1. The van der Waals surface area contributed by atoms with E-state index in [4.69, 9.17) is 5.73 Å². The van der Waals surface area contributed by atoms with Gasteiger partial charge in [-0.25, -0.2) is 17.5 Å². The van der Waals surface area contributed by atoms with Crippen LogP contribution in [-0.4, -0.2) is 25.2 Å². The summed E-state index contributed by atoms with van der Waals surface area (Å²) in [5, 5.41) is 6.71. The summed E-state index contributed by atoms with van der Waals surface area (Å²) in [5.41, 5.74) is 7.57. The Bertz CT molecular complexity index is 728. The molecule has 1 aromatic carbocycles. The Morgan fingerprint density at radius 3 is 2.81 bits per heavy atom. The topological polar surface area (TPSA) is 101 Å². The molecule has 0 unspecified atom stereocenters. The maximum absolute atomic E-state index is 13.6. The number of nitrogens with two attached hydrogens (primary N) is 1. The van der Waals surface area contributed by atoms with Gasteiger partial charge >= 0.3 is 0 Å². The summed E-state index contributed by atoms with van der Waals surface area (Å²) in [6.07, 6.45) is 2.99. The summed E-state index contributed by atoms with van der Waals surface area (Å²) >= 11 is 0. The molecule has 21 heavy (non-hydrogen) atoms. The largest absolute Gasteiger partial charge is 0.399 e. The smallest absolute Gasteiger partial charge is 0.243 e. The number of benzene rings is 1. The normalized spacial score (nSPS) is 11.7. The predicted octanol–water partition coefficient (Wildman–Crippen LogP) is 1.35. The second-order valence-corrected chi connectivity index (χ2v) is 6.45. The quantitative estimate of drug-likeness (QED) is 0.553. The van der Waals surface area contributed by atoms with Crippen molar-refractivity contribution in [1.82, 2.24) is 14.9 Å². The van der Waals surface area contributed by atoms with E-state index < -0.39 is 20.7 Å². The van der Waals surface area contributed by atoms with Gasteiger partial charge in [-0.2, -0.15) is 5.10 Å². The zero-order valence-electron chi connectivity index (χ0n) is 11.6. The van der Waals surface area contributed by atoms with Gasteiger partial charge in [0.05, 0.1) is 6.20 Å². The third kappa shape index (κ3) is 3.79. The number of aryl methyl sites for hydroxylation is 2. The van der Waals surface area contributed by atoms with E-state index in [1.807, 2.05) is 6.92 Å². The van der Waals surface area contributed by atoms with Crippen LogP contribution in [0.5, 0.6) is 0 Å². The van der Waals surface area contributed by atoms with Crippen LogP contribution in [0.3, 0.4) is 0 Å². The lowest BCUT2D eigenvalue weighted by Crippen LogP contribution is -2.26.